The summed E-state index contributed by atoms with van der Waals surface area (Å²) < 4.78 is 0. The lowest BCUT2D eigenvalue weighted by Crippen LogP contribution is -1.98. The van der Waals surface area contributed by atoms with Crippen LogP contribution in [0.3, 0.4) is 0 Å². The largest absolute Gasteiger partial charge is 0.138 e. The van der Waals surface area contributed by atoms with Crippen molar-refractivity contribution < 1.29 is 0 Å². The van der Waals surface area contributed by atoms with Gasteiger partial charge in [0.15, 0.2) is 0 Å². The van der Waals surface area contributed by atoms with Crippen LogP contribution in [0.1, 0.15) is 26.7 Å². The van der Waals surface area contributed by atoms with Gasteiger partial charge in [0.2, 0.25) is 0 Å². The van der Waals surface area contributed by atoms with Crippen molar-refractivity contribution in [2.75, 3.05) is 12.9 Å². The third kappa shape index (κ3) is 3.47. The highest BCUT2D eigenvalue weighted by Gasteiger charge is 2.10. The van der Waals surface area contributed by atoms with Gasteiger partial charge in [0.1, 0.15) is 0 Å². The minimum atomic E-state index is 0.275. The average molecular weight is 164 g/mol. The molecule has 0 aromatic rings. The Labute approximate surface area is 64.3 Å². The quantitative estimate of drug-likeness (QED) is 0.572. The molecule has 2 heteroatoms. The van der Waals surface area contributed by atoms with Crippen molar-refractivity contribution >= 4 is 18.5 Å². The molecule has 0 aliphatic rings. The third-order valence-electron chi connectivity index (χ3n) is 1.74. The maximum absolute atomic E-state index is 2.39. The van der Waals surface area contributed by atoms with Crippen molar-refractivity contribution in [3.8, 4) is 0 Å². The van der Waals surface area contributed by atoms with Crippen LogP contribution in [0.15, 0.2) is 0 Å². The summed E-state index contributed by atoms with van der Waals surface area (Å²) in [7, 11) is 0.275. The lowest BCUT2D eigenvalue weighted by atomic mass is 10.3. The first-order chi connectivity index (χ1) is 4.26. The lowest BCUT2D eigenvalue weighted by molar-refractivity contribution is 0.787. The molecule has 0 saturated heterocycles. The van der Waals surface area contributed by atoms with E-state index in [2.05, 4.69) is 26.8 Å². The zero-order chi connectivity index (χ0) is 7.28. The van der Waals surface area contributed by atoms with Crippen LogP contribution in [0.4, 0.5) is 0 Å². The zero-order valence-electron chi connectivity index (χ0n) is 6.85. The smallest absolute Gasteiger partial charge is 0.0125 e. The first kappa shape index (κ1) is 9.78. The fourth-order valence-corrected chi connectivity index (χ4v) is 4.07. The van der Waals surface area contributed by atoms with Gasteiger partial charge in [-0.15, -0.1) is 11.4 Å². The number of hydrogen-bond acceptors (Lipinski definition) is 1. The van der Waals surface area contributed by atoms with E-state index in [1.165, 1.54) is 12.8 Å². The second-order valence-corrected chi connectivity index (χ2v) is 7.21. The SMILES string of the molecule is CCC(CC)P(C)SC. The molecule has 0 aliphatic carbocycles. The molecule has 56 valence electrons. The van der Waals surface area contributed by atoms with Gasteiger partial charge in [-0.05, 0) is 38.5 Å². The van der Waals surface area contributed by atoms with E-state index in [-0.39, 0.29) is 7.12 Å². The van der Waals surface area contributed by atoms with Crippen LogP contribution in [0.5, 0.6) is 0 Å². The summed E-state index contributed by atoms with van der Waals surface area (Å²) in [6, 6.07) is 0. The Balaban J connectivity index is 3.50. The van der Waals surface area contributed by atoms with Crippen LogP contribution in [0.25, 0.3) is 0 Å². The molecule has 1 unspecified atom stereocenters. The first-order valence-electron chi connectivity index (χ1n) is 3.53. The molecule has 0 aliphatic heterocycles. The van der Waals surface area contributed by atoms with E-state index in [0.717, 1.165) is 5.66 Å². The van der Waals surface area contributed by atoms with Crippen molar-refractivity contribution in [2.24, 2.45) is 0 Å². The van der Waals surface area contributed by atoms with Gasteiger partial charge in [0.25, 0.3) is 0 Å². The number of rotatable bonds is 4. The minimum Gasteiger partial charge on any atom is -0.138 e. The molecule has 0 rings (SSSR count). The van der Waals surface area contributed by atoms with Gasteiger partial charge >= 0.3 is 0 Å². The van der Waals surface area contributed by atoms with E-state index in [0.29, 0.717) is 0 Å². The summed E-state index contributed by atoms with van der Waals surface area (Å²) in [5.74, 6) is 0. The Bertz CT molecular complexity index is 61.9. The van der Waals surface area contributed by atoms with E-state index in [4.69, 9.17) is 0 Å². The van der Waals surface area contributed by atoms with Gasteiger partial charge < -0.3 is 0 Å². The molecule has 0 nitrogen and oxygen atoms in total. The second kappa shape index (κ2) is 5.56. The molecule has 0 fully saturated rings. The summed E-state index contributed by atoms with van der Waals surface area (Å²) in [4.78, 5) is 0. The summed E-state index contributed by atoms with van der Waals surface area (Å²) >= 11 is 2.05. The van der Waals surface area contributed by atoms with Gasteiger partial charge in [0, 0.05) is 0 Å². The normalized spacial score (nSPS) is 14.3. The van der Waals surface area contributed by atoms with Gasteiger partial charge in [0.05, 0.1) is 0 Å². The molecule has 0 aromatic heterocycles. The van der Waals surface area contributed by atoms with Gasteiger partial charge in [-0.1, -0.05) is 13.8 Å². The second-order valence-electron chi connectivity index (χ2n) is 2.20. The fraction of sp³-hybridized carbons (Fsp3) is 1.00. The van der Waals surface area contributed by atoms with Crippen molar-refractivity contribution in [1.29, 1.82) is 0 Å². The van der Waals surface area contributed by atoms with Crippen LogP contribution in [0, 0.1) is 0 Å². The van der Waals surface area contributed by atoms with E-state index in [9.17, 15) is 0 Å². The molecule has 1 atom stereocenters. The van der Waals surface area contributed by atoms with Crippen LogP contribution in [0.2, 0.25) is 0 Å². The summed E-state index contributed by atoms with van der Waals surface area (Å²) in [6.07, 6.45) is 4.95. The standard InChI is InChI=1S/C7H17PS/c1-5-7(6-2)8(3)9-4/h7H,5-6H2,1-4H3. The summed E-state index contributed by atoms with van der Waals surface area (Å²) in [5.41, 5.74) is 0.995. The molecular weight excluding hydrogens is 147 g/mol. The average Bonchev–Trinajstić information content (AvgIpc) is 1.90. The maximum Gasteiger partial charge on any atom is -0.0125 e. The Morgan fingerprint density at radius 3 is 1.89 bits per heavy atom. The fourth-order valence-electron chi connectivity index (χ4n) is 0.952. The molecule has 0 N–H and O–H groups in total. The lowest BCUT2D eigenvalue weighted by Gasteiger charge is -2.18. The van der Waals surface area contributed by atoms with Crippen LogP contribution in [-0.2, 0) is 0 Å². The van der Waals surface area contributed by atoms with E-state index >= 15 is 0 Å². The first-order valence-corrected chi connectivity index (χ1v) is 7.21. The third-order valence-corrected chi connectivity index (χ3v) is 6.70. The molecular formula is C7H17PS. The van der Waals surface area contributed by atoms with Crippen molar-refractivity contribution in [1.82, 2.24) is 0 Å². The highest BCUT2D eigenvalue weighted by Crippen LogP contribution is 2.51. The zero-order valence-corrected chi connectivity index (χ0v) is 8.56. The summed E-state index contributed by atoms with van der Waals surface area (Å²) in [6.45, 7) is 6.98. The Kier molecular flexibility index (Phi) is 6.04. The van der Waals surface area contributed by atoms with Crippen molar-refractivity contribution in [3.05, 3.63) is 0 Å². The van der Waals surface area contributed by atoms with E-state index in [1.54, 1.807) is 0 Å². The monoisotopic (exact) mass is 164 g/mol. The van der Waals surface area contributed by atoms with Gasteiger partial charge in [-0.3, -0.25) is 0 Å². The molecule has 9 heavy (non-hydrogen) atoms. The van der Waals surface area contributed by atoms with Gasteiger partial charge in [-0.25, -0.2) is 0 Å². The Morgan fingerprint density at radius 1 is 1.33 bits per heavy atom. The maximum atomic E-state index is 2.39. The van der Waals surface area contributed by atoms with Crippen LogP contribution < -0.4 is 0 Å². The van der Waals surface area contributed by atoms with E-state index in [1.807, 2.05) is 11.4 Å². The molecule has 0 heterocycles. The highest BCUT2D eigenvalue weighted by atomic mass is 32.7. The van der Waals surface area contributed by atoms with Crippen LogP contribution in [-0.4, -0.2) is 18.6 Å². The molecule has 0 saturated carbocycles. The van der Waals surface area contributed by atoms with E-state index < -0.39 is 0 Å². The summed E-state index contributed by atoms with van der Waals surface area (Å²) in [5, 5.41) is 0. The van der Waals surface area contributed by atoms with Crippen molar-refractivity contribution in [3.63, 3.8) is 0 Å². The molecule has 0 bridgehead atoms. The minimum absolute atomic E-state index is 0.275. The Morgan fingerprint density at radius 2 is 1.78 bits per heavy atom. The predicted molar refractivity (Wildman–Crippen MR) is 50.7 cm³/mol. The molecule has 0 aromatic carbocycles. The van der Waals surface area contributed by atoms with Crippen LogP contribution >= 0.6 is 18.5 Å². The molecule has 0 spiro atoms. The van der Waals surface area contributed by atoms with Gasteiger partial charge in [-0.2, -0.15) is 0 Å². The number of hydrogen-bond donors (Lipinski definition) is 0. The molecule has 0 radical (unpaired) electrons. The van der Waals surface area contributed by atoms with Crippen molar-refractivity contribution in [2.45, 2.75) is 32.3 Å². The molecule has 0 amide bonds. The highest BCUT2D eigenvalue weighted by molar-refractivity contribution is 8.55. The Hall–Kier alpha value is 0.780. The predicted octanol–water partition coefficient (Wildman–Crippen LogP) is 3.56. The topological polar surface area (TPSA) is 0 Å².